The molecule has 0 bridgehead atoms. The Bertz CT molecular complexity index is 822. The summed E-state index contributed by atoms with van der Waals surface area (Å²) >= 11 is -0.177. The number of allylic oxidation sites excluding steroid dienone is 5. The summed E-state index contributed by atoms with van der Waals surface area (Å²) in [6.07, 6.45) is 8.01. The van der Waals surface area contributed by atoms with Gasteiger partial charge in [0, 0.05) is 0 Å². The number of rotatable bonds is 3. The second kappa shape index (κ2) is 8.22. The molecule has 24 heavy (non-hydrogen) atoms. The fourth-order valence-corrected chi connectivity index (χ4v) is 8.30. The third-order valence-corrected chi connectivity index (χ3v) is 9.75. The number of hydrogen-bond acceptors (Lipinski definition) is 1. The number of benzene rings is 1. The molecule has 4 rings (SSSR count). The quantitative estimate of drug-likeness (QED) is 0.642. The minimum Gasteiger partial charge on any atom is -1.00 e. The van der Waals surface area contributed by atoms with Gasteiger partial charge in [0.25, 0.3) is 0 Å². The van der Waals surface area contributed by atoms with Gasteiger partial charge in [0.1, 0.15) is 0 Å². The van der Waals surface area contributed by atoms with Gasteiger partial charge in [0.05, 0.1) is 0 Å². The Morgan fingerprint density at radius 1 is 1.17 bits per heavy atom. The van der Waals surface area contributed by atoms with E-state index in [4.69, 9.17) is 0 Å². The summed E-state index contributed by atoms with van der Waals surface area (Å²) < 4.78 is 2.39. The Balaban J connectivity index is 0.00000104. The molecular formula is C19H18Cl2NPTi. The zero-order chi connectivity index (χ0) is 15.1. The molecular weight excluding hydrogens is 392 g/mol. The molecule has 2 aromatic rings. The van der Waals surface area contributed by atoms with E-state index < -0.39 is 0 Å². The first-order chi connectivity index (χ1) is 10.7. The fraction of sp³-hybridized carbons (Fsp3) is 0.211. The van der Waals surface area contributed by atoms with Crippen LogP contribution in [-0.2, 0) is 19.2 Å². The maximum atomic E-state index is 4.34. The third kappa shape index (κ3) is 3.52. The largest absolute Gasteiger partial charge is 1.00 e. The number of nitrogens with zero attached hydrogens (tertiary/aromatic N) is 1. The van der Waals surface area contributed by atoms with Crippen molar-refractivity contribution >= 4 is 18.9 Å². The number of halogens is 2. The van der Waals surface area contributed by atoms with Gasteiger partial charge in [-0.2, -0.15) is 0 Å². The van der Waals surface area contributed by atoms with Crippen molar-refractivity contribution in [1.82, 2.24) is 4.98 Å². The van der Waals surface area contributed by atoms with Crippen LogP contribution in [0.15, 0.2) is 63.3 Å². The predicted octanol–water partition coefficient (Wildman–Crippen LogP) is -0.164. The van der Waals surface area contributed by atoms with Crippen molar-refractivity contribution in [2.45, 2.75) is 24.5 Å². The van der Waals surface area contributed by atoms with E-state index >= 15 is 0 Å². The molecule has 2 unspecified atom stereocenters. The topological polar surface area (TPSA) is 12.9 Å². The Kier molecular flexibility index (Phi) is 6.77. The van der Waals surface area contributed by atoms with Gasteiger partial charge in [-0.15, -0.1) is 0 Å². The van der Waals surface area contributed by atoms with Crippen molar-refractivity contribution in [1.29, 1.82) is 0 Å². The summed E-state index contributed by atoms with van der Waals surface area (Å²) in [5.41, 5.74) is 6.04. The van der Waals surface area contributed by atoms with Crippen LogP contribution in [-0.4, -0.2) is 4.98 Å². The van der Waals surface area contributed by atoms with Crippen LogP contribution < -0.4 is 24.8 Å². The Hall–Kier alpha value is -0.556. The van der Waals surface area contributed by atoms with Gasteiger partial charge in [0.15, 0.2) is 0 Å². The maximum absolute atomic E-state index is 4.34. The van der Waals surface area contributed by atoms with Gasteiger partial charge >= 0.3 is 142 Å². The monoisotopic (exact) mass is 409 g/mol. The summed E-state index contributed by atoms with van der Waals surface area (Å²) in [4.78, 5) is 4.34. The zero-order valence-corrected chi connectivity index (χ0v) is 17.6. The molecule has 2 aliphatic rings. The van der Waals surface area contributed by atoms with E-state index in [1.165, 1.54) is 17.6 Å². The van der Waals surface area contributed by atoms with E-state index in [9.17, 15) is 0 Å². The van der Waals surface area contributed by atoms with Gasteiger partial charge in [-0.05, 0) is 0 Å². The minimum atomic E-state index is -0.297. The standard InChI is InChI=1S/C12H9NP.C7H9.2ClH.Ti/c1-2-4-11-8-12(7-10(11)3-1)14-6-5-13-9-14;1-6-4-3-5-7(6)2;;;/h1-9H;4H,3H2,1-2H3;2*1H;/q;;;;+2/p-2. The molecule has 0 radical (unpaired) electrons. The summed E-state index contributed by atoms with van der Waals surface area (Å²) in [7, 11) is -0.297. The molecule has 0 amide bonds. The Labute approximate surface area is 166 Å². The van der Waals surface area contributed by atoms with Gasteiger partial charge in [-0.3, -0.25) is 0 Å². The van der Waals surface area contributed by atoms with Gasteiger partial charge in [0.2, 0.25) is 0 Å². The van der Waals surface area contributed by atoms with Crippen LogP contribution in [0.25, 0.3) is 11.4 Å². The molecule has 0 aliphatic heterocycles. The van der Waals surface area contributed by atoms with E-state index in [0.29, 0.717) is 4.22 Å². The second-order valence-electron chi connectivity index (χ2n) is 5.94. The first-order valence-electron chi connectivity index (χ1n) is 7.66. The van der Waals surface area contributed by atoms with Crippen LogP contribution in [0.1, 0.15) is 35.6 Å². The van der Waals surface area contributed by atoms with Crippen molar-refractivity contribution in [3.05, 3.63) is 74.4 Å². The van der Waals surface area contributed by atoms with Gasteiger partial charge in [-0.25, -0.2) is 0 Å². The molecule has 2 aliphatic carbocycles. The number of hydrogen-bond donors (Lipinski definition) is 0. The molecule has 0 saturated carbocycles. The van der Waals surface area contributed by atoms with Crippen LogP contribution in [0.3, 0.4) is 0 Å². The van der Waals surface area contributed by atoms with E-state index in [0.717, 1.165) is 0 Å². The fourth-order valence-electron chi connectivity index (χ4n) is 3.24. The second-order valence-corrected chi connectivity index (χ2v) is 10.1. The molecule has 2 atom stereocenters. The molecule has 0 fully saturated rings. The van der Waals surface area contributed by atoms with E-state index in [2.05, 4.69) is 67.0 Å². The molecule has 0 spiro atoms. The first-order valence-corrected chi connectivity index (χ1v) is 10.8. The molecule has 1 aromatic carbocycles. The van der Waals surface area contributed by atoms with Crippen LogP contribution in [0.4, 0.5) is 0 Å². The smallest absolute Gasteiger partial charge is 1.00 e. The third-order valence-electron chi connectivity index (χ3n) is 4.68. The SMILES string of the molecule is CC1=CC[C]([Ti+2][CH]2C(p3ccnc3)=Cc3ccccc32)=C1C.[Cl-].[Cl-]. The summed E-state index contributed by atoms with van der Waals surface area (Å²) in [6.45, 7) is 4.56. The van der Waals surface area contributed by atoms with E-state index in [-0.39, 0.29) is 51.5 Å². The molecule has 0 saturated heterocycles. The van der Waals surface area contributed by atoms with Crippen molar-refractivity contribution in [2.75, 3.05) is 0 Å². The van der Waals surface area contributed by atoms with Crippen LogP contribution in [0.5, 0.6) is 0 Å². The molecule has 1 aromatic heterocycles. The predicted molar refractivity (Wildman–Crippen MR) is 91.4 cm³/mol. The van der Waals surface area contributed by atoms with Crippen molar-refractivity contribution < 1.29 is 44.0 Å². The van der Waals surface area contributed by atoms with Gasteiger partial charge < -0.3 is 24.8 Å². The Morgan fingerprint density at radius 3 is 2.62 bits per heavy atom. The van der Waals surface area contributed by atoms with Crippen molar-refractivity contribution in [2.24, 2.45) is 0 Å². The summed E-state index contributed by atoms with van der Waals surface area (Å²) in [5.74, 6) is 4.46. The average Bonchev–Trinajstić information content (AvgIpc) is 3.23. The average molecular weight is 410 g/mol. The van der Waals surface area contributed by atoms with E-state index in [1.54, 1.807) is 20.3 Å². The molecule has 1 nitrogen and oxygen atoms in total. The van der Waals surface area contributed by atoms with Crippen molar-refractivity contribution in [3.8, 4) is 0 Å². The molecule has 0 N–H and O–H groups in total. The molecule has 1 heterocycles. The number of fused-ring (bicyclic) bond motifs is 1. The molecule has 5 heteroatoms. The molecule has 122 valence electrons. The normalized spacial score (nSPS) is 18.9. The van der Waals surface area contributed by atoms with Crippen LogP contribution >= 0.6 is 7.53 Å². The summed E-state index contributed by atoms with van der Waals surface area (Å²) in [6, 6.07) is 8.96. The van der Waals surface area contributed by atoms with Crippen LogP contribution in [0, 0.1) is 0 Å². The maximum Gasteiger partial charge on any atom is -1.00 e. The summed E-state index contributed by atoms with van der Waals surface area (Å²) in [5, 5.41) is 1.62. The first kappa shape index (κ1) is 19.8. The minimum absolute atomic E-state index is 0. The number of aromatic nitrogens is 1. The zero-order valence-electron chi connectivity index (χ0n) is 13.6. The Morgan fingerprint density at radius 2 is 1.96 bits per heavy atom. The van der Waals surface area contributed by atoms with E-state index in [1.807, 2.05) is 6.20 Å². The van der Waals surface area contributed by atoms with Gasteiger partial charge in [-0.1, -0.05) is 0 Å². The van der Waals surface area contributed by atoms with Crippen LogP contribution in [0.2, 0.25) is 0 Å². The van der Waals surface area contributed by atoms with Crippen molar-refractivity contribution in [3.63, 3.8) is 0 Å².